The first-order valence-electron chi connectivity index (χ1n) is 7.86. The number of amides is 2. The lowest BCUT2D eigenvalue weighted by molar-refractivity contribution is -0.139. The number of urea groups is 1. The number of sulfone groups is 1. The number of rotatable bonds is 5. The zero-order chi connectivity index (χ0) is 21.3. The topological polar surface area (TPSA) is 99.6 Å². The van der Waals surface area contributed by atoms with Gasteiger partial charge in [0, 0.05) is 19.8 Å². The summed E-state index contributed by atoms with van der Waals surface area (Å²) in [6, 6.07) is 2.42. The first-order valence-corrected chi connectivity index (χ1v) is 10.6. The molecule has 28 heavy (non-hydrogen) atoms. The van der Waals surface area contributed by atoms with Crippen LogP contribution in [0.25, 0.3) is 10.4 Å². The van der Waals surface area contributed by atoms with E-state index in [1.807, 2.05) is 0 Å². The lowest BCUT2D eigenvalue weighted by Crippen LogP contribution is -2.33. The molecule has 0 unspecified atom stereocenters. The van der Waals surface area contributed by atoms with Gasteiger partial charge in [-0.3, -0.25) is 5.32 Å². The molecule has 1 aromatic carbocycles. The van der Waals surface area contributed by atoms with Gasteiger partial charge in [-0.1, -0.05) is 17.4 Å². The highest BCUT2D eigenvalue weighted by Crippen LogP contribution is 2.39. The Morgan fingerprint density at radius 3 is 2.54 bits per heavy atom. The SMILES string of the molecule is Cc1nc(NC(=O)N(C)CCO)sc1-c1ccc(S(C)(=O)=O)c(C(F)(F)F)c1. The summed E-state index contributed by atoms with van der Waals surface area (Å²) in [7, 11) is -2.60. The highest BCUT2D eigenvalue weighted by atomic mass is 32.2. The number of anilines is 1. The molecule has 0 fully saturated rings. The maximum absolute atomic E-state index is 13.4. The molecule has 0 saturated carbocycles. The molecule has 12 heteroatoms. The average molecular weight is 437 g/mol. The largest absolute Gasteiger partial charge is 0.417 e. The van der Waals surface area contributed by atoms with Crippen LogP contribution < -0.4 is 5.32 Å². The maximum Gasteiger partial charge on any atom is 0.417 e. The number of carbonyl (C=O) groups is 1. The van der Waals surface area contributed by atoms with Gasteiger partial charge in [-0.15, -0.1) is 0 Å². The van der Waals surface area contributed by atoms with Crippen LogP contribution in [0.15, 0.2) is 23.1 Å². The lowest BCUT2D eigenvalue weighted by Gasteiger charge is -2.15. The zero-order valence-electron chi connectivity index (χ0n) is 15.2. The number of hydrogen-bond acceptors (Lipinski definition) is 6. The van der Waals surface area contributed by atoms with Gasteiger partial charge < -0.3 is 10.0 Å². The first kappa shape index (κ1) is 22.1. The third-order valence-corrected chi connectivity index (χ3v) is 6.02. The molecule has 0 bridgehead atoms. The second-order valence-corrected chi connectivity index (χ2v) is 8.97. The predicted molar refractivity (Wildman–Crippen MR) is 99.1 cm³/mol. The van der Waals surface area contributed by atoms with E-state index in [9.17, 15) is 26.4 Å². The second-order valence-electron chi connectivity index (χ2n) is 5.99. The maximum atomic E-state index is 13.4. The number of aliphatic hydroxyl groups is 1. The van der Waals surface area contributed by atoms with E-state index < -0.39 is 32.5 Å². The van der Waals surface area contributed by atoms with Gasteiger partial charge in [-0.05, 0) is 24.6 Å². The number of alkyl halides is 3. The van der Waals surface area contributed by atoms with E-state index in [0.717, 1.165) is 23.5 Å². The lowest BCUT2D eigenvalue weighted by atomic mass is 10.1. The summed E-state index contributed by atoms with van der Waals surface area (Å²) >= 11 is 0.960. The summed E-state index contributed by atoms with van der Waals surface area (Å²) in [4.78, 5) is 16.9. The fourth-order valence-corrected chi connectivity index (χ4v) is 4.21. The molecule has 0 spiro atoms. The molecule has 0 aliphatic carbocycles. The Morgan fingerprint density at radius 2 is 2.00 bits per heavy atom. The van der Waals surface area contributed by atoms with Crippen molar-refractivity contribution in [2.45, 2.75) is 18.0 Å². The van der Waals surface area contributed by atoms with Crippen molar-refractivity contribution in [3.8, 4) is 10.4 Å². The van der Waals surface area contributed by atoms with Crippen LogP contribution in [0.3, 0.4) is 0 Å². The van der Waals surface area contributed by atoms with Crippen LogP contribution in [0.4, 0.5) is 23.1 Å². The van der Waals surface area contributed by atoms with Gasteiger partial charge in [-0.25, -0.2) is 18.2 Å². The van der Waals surface area contributed by atoms with Crippen molar-refractivity contribution in [3.05, 3.63) is 29.5 Å². The van der Waals surface area contributed by atoms with Crippen LogP contribution in [-0.2, 0) is 16.0 Å². The van der Waals surface area contributed by atoms with E-state index >= 15 is 0 Å². The molecule has 0 aliphatic rings. The minimum atomic E-state index is -4.85. The molecule has 1 heterocycles. The molecule has 1 aromatic heterocycles. The van der Waals surface area contributed by atoms with Gasteiger partial charge in [0.05, 0.1) is 27.6 Å². The molecule has 2 amide bonds. The molecule has 2 N–H and O–H groups in total. The molecule has 0 saturated heterocycles. The van der Waals surface area contributed by atoms with Crippen LogP contribution in [0.5, 0.6) is 0 Å². The smallest absolute Gasteiger partial charge is 0.395 e. The highest BCUT2D eigenvalue weighted by molar-refractivity contribution is 7.90. The quantitative estimate of drug-likeness (QED) is 0.749. The van der Waals surface area contributed by atoms with Crippen molar-refractivity contribution < 1.29 is 31.5 Å². The van der Waals surface area contributed by atoms with Crippen molar-refractivity contribution in [3.63, 3.8) is 0 Å². The minimum absolute atomic E-state index is 0.102. The number of thiazole rings is 1. The Morgan fingerprint density at radius 1 is 1.36 bits per heavy atom. The molecular formula is C16H18F3N3O4S2. The highest BCUT2D eigenvalue weighted by Gasteiger charge is 2.36. The number of likely N-dealkylation sites (N-methyl/N-ethyl adjacent to an activating group) is 1. The normalized spacial score (nSPS) is 12.1. The van der Waals surface area contributed by atoms with Gasteiger partial charge in [0.15, 0.2) is 15.0 Å². The van der Waals surface area contributed by atoms with E-state index in [-0.39, 0.29) is 23.8 Å². The van der Waals surface area contributed by atoms with Crippen molar-refractivity contribution in [1.82, 2.24) is 9.88 Å². The van der Waals surface area contributed by atoms with Gasteiger partial charge in [0.2, 0.25) is 0 Å². The van der Waals surface area contributed by atoms with Crippen molar-refractivity contribution in [2.24, 2.45) is 0 Å². The van der Waals surface area contributed by atoms with Crippen molar-refractivity contribution in [1.29, 1.82) is 0 Å². The number of halogens is 3. The molecule has 7 nitrogen and oxygen atoms in total. The Kier molecular flexibility index (Phi) is 6.36. The van der Waals surface area contributed by atoms with Crippen LogP contribution in [-0.4, -0.2) is 55.9 Å². The minimum Gasteiger partial charge on any atom is -0.395 e. The fraction of sp³-hybridized carbons (Fsp3) is 0.375. The number of nitrogens with one attached hydrogen (secondary N) is 1. The molecule has 2 rings (SSSR count). The van der Waals surface area contributed by atoms with Gasteiger partial charge in [-0.2, -0.15) is 13.2 Å². The number of aliphatic hydroxyl groups excluding tert-OH is 1. The van der Waals surface area contributed by atoms with Gasteiger partial charge in [0.1, 0.15) is 0 Å². The summed E-state index contributed by atoms with van der Waals surface area (Å²) in [5.41, 5.74) is -0.738. The molecule has 0 atom stereocenters. The predicted octanol–water partition coefficient (Wildman–Crippen LogP) is 3.00. The summed E-state index contributed by atoms with van der Waals surface area (Å²) in [5.74, 6) is 0. The van der Waals surface area contributed by atoms with E-state index in [4.69, 9.17) is 5.11 Å². The fourth-order valence-electron chi connectivity index (χ4n) is 2.37. The number of nitrogens with zero attached hydrogens (tertiary/aromatic N) is 2. The van der Waals surface area contributed by atoms with Crippen molar-refractivity contribution in [2.75, 3.05) is 31.8 Å². The standard InChI is InChI=1S/C16H18F3N3O4S2/c1-9-13(27-14(20-9)21-15(24)22(2)6-7-23)10-4-5-12(28(3,25)26)11(8-10)16(17,18)19/h4-5,8,23H,6-7H2,1-3H3,(H,20,21,24). The van der Waals surface area contributed by atoms with Gasteiger partial charge >= 0.3 is 12.2 Å². The molecule has 154 valence electrons. The number of carbonyl (C=O) groups excluding carboxylic acids is 1. The summed E-state index contributed by atoms with van der Waals surface area (Å²) in [6.07, 6.45) is -4.14. The van der Waals surface area contributed by atoms with Crippen LogP contribution in [0.1, 0.15) is 11.3 Å². The number of hydrogen-bond donors (Lipinski definition) is 2. The summed E-state index contributed by atoms with van der Waals surface area (Å²) in [5, 5.41) is 11.5. The summed E-state index contributed by atoms with van der Waals surface area (Å²) < 4.78 is 63.4. The number of aromatic nitrogens is 1. The van der Waals surface area contributed by atoms with Gasteiger partial charge in [0.25, 0.3) is 0 Å². The molecular weight excluding hydrogens is 419 g/mol. The average Bonchev–Trinajstić information content (AvgIpc) is 2.93. The Hall–Kier alpha value is -2.18. The molecule has 0 radical (unpaired) electrons. The monoisotopic (exact) mass is 437 g/mol. The third-order valence-electron chi connectivity index (χ3n) is 3.74. The number of aryl methyl sites for hydroxylation is 1. The molecule has 2 aromatic rings. The van der Waals surface area contributed by atoms with Crippen LogP contribution >= 0.6 is 11.3 Å². The Balaban J connectivity index is 2.44. The van der Waals surface area contributed by atoms with Crippen molar-refractivity contribution >= 4 is 32.3 Å². The van der Waals surface area contributed by atoms with E-state index in [1.165, 1.54) is 18.0 Å². The first-order chi connectivity index (χ1) is 12.8. The van der Waals surface area contributed by atoms with Crippen LogP contribution in [0, 0.1) is 6.92 Å². The Bertz CT molecular complexity index is 988. The summed E-state index contributed by atoms with van der Waals surface area (Å²) in [6.45, 7) is 1.45. The third kappa shape index (κ3) is 5.00. The number of benzene rings is 1. The second kappa shape index (κ2) is 8.05. The van der Waals surface area contributed by atoms with Crippen LogP contribution in [0.2, 0.25) is 0 Å². The Labute approximate surface area is 163 Å². The zero-order valence-corrected chi connectivity index (χ0v) is 16.8. The van der Waals surface area contributed by atoms with E-state index in [0.29, 0.717) is 16.8 Å². The molecule has 0 aliphatic heterocycles. The van der Waals surface area contributed by atoms with E-state index in [1.54, 1.807) is 6.92 Å². The van der Waals surface area contributed by atoms with E-state index in [2.05, 4.69) is 10.3 Å².